The summed E-state index contributed by atoms with van der Waals surface area (Å²) >= 11 is 0. The van der Waals surface area contributed by atoms with Gasteiger partial charge in [0, 0.05) is 11.8 Å². The number of benzene rings is 2. The smallest absolute Gasteiger partial charge is 0.184 e. The van der Waals surface area contributed by atoms with E-state index >= 15 is 0 Å². The molecular weight excluding hydrogens is 238 g/mol. The molecule has 0 saturated heterocycles. The zero-order valence-corrected chi connectivity index (χ0v) is 10.3. The highest BCUT2D eigenvalue weighted by atomic mass is 16.1. The van der Waals surface area contributed by atoms with Gasteiger partial charge >= 0.3 is 0 Å². The van der Waals surface area contributed by atoms with E-state index in [-0.39, 0.29) is 12.3 Å². The molecule has 2 N–H and O–H groups in total. The molecule has 0 fully saturated rings. The molecule has 0 aliphatic rings. The first-order chi connectivity index (χ1) is 9.22. The molecule has 1 aromatic heterocycles. The zero-order valence-electron chi connectivity index (χ0n) is 10.3. The van der Waals surface area contributed by atoms with Crippen molar-refractivity contribution in [1.29, 1.82) is 0 Å². The van der Waals surface area contributed by atoms with Crippen molar-refractivity contribution < 1.29 is 4.79 Å². The van der Waals surface area contributed by atoms with Gasteiger partial charge in [0.05, 0.1) is 11.9 Å². The van der Waals surface area contributed by atoms with E-state index in [4.69, 9.17) is 5.73 Å². The number of aromatic nitrogens is 2. The van der Waals surface area contributed by atoms with Gasteiger partial charge in [0.1, 0.15) is 6.54 Å². The maximum Gasteiger partial charge on any atom is 0.184 e. The van der Waals surface area contributed by atoms with Crippen molar-refractivity contribution in [2.45, 2.75) is 6.54 Å². The third-order valence-electron chi connectivity index (χ3n) is 3.03. The van der Waals surface area contributed by atoms with Crippen LogP contribution in [0.15, 0.2) is 54.9 Å². The summed E-state index contributed by atoms with van der Waals surface area (Å²) < 4.78 is 1.55. The minimum Gasteiger partial charge on any atom is -0.396 e. The van der Waals surface area contributed by atoms with Crippen LogP contribution in [-0.2, 0) is 6.54 Å². The number of hydrogen-bond acceptors (Lipinski definition) is 3. The van der Waals surface area contributed by atoms with E-state index in [9.17, 15) is 4.79 Å². The largest absolute Gasteiger partial charge is 0.396 e. The predicted octanol–water partition coefficient (Wildman–Crippen LogP) is 2.50. The Kier molecular flexibility index (Phi) is 2.76. The van der Waals surface area contributed by atoms with Gasteiger partial charge in [0.25, 0.3) is 0 Å². The molecule has 1 heterocycles. The van der Waals surface area contributed by atoms with Gasteiger partial charge in [-0.15, -0.1) is 0 Å². The van der Waals surface area contributed by atoms with Crippen molar-refractivity contribution in [1.82, 2.24) is 9.78 Å². The number of ketones is 1. The van der Waals surface area contributed by atoms with E-state index in [1.165, 1.54) is 6.20 Å². The Balaban J connectivity index is 1.89. The minimum absolute atomic E-state index is 0.0221. The topological polar surface area (TPSA) is 60.9 Å². The summed E-state index contributed by atoms with van der Waals surface area (Å²) in [6.45, 7) is 0.204. The fraction of sp³-hybridized carbons (Fsp3) is 0.0667. The number of rotatable bonds is 3. The molecule has 0 radical (unpaired) electrons. The first kappa shape index (κ1) is 11.5. The number of nitrogens with zero attached hydrogens (tertiary/aromatic N) is 2. The molecule has 0 atom stereocenters. The summed E-state index contributed by atoms with van der Waals surface area (Å²) in [6.07, 6.45) is 3.19. The van der Waals surface area contributed by atoms with Gasteiger partial charge in [-0.2, -0.15) is 5.10 Å². The minimum atomic E-state index is 0.0221. The first-order valence-electron chi connectivity index (χ1n) is 6.02. The molecule has 3 rings (SSSR count). The van der Waals surface area contributed by atoms with Crippen molar-refractivity contribution in [2.24, 2.45) is 0 Å². The van der Waals surface area contributed by atoms with Crippen LogP contribution in [0, 0.1) is 0 Å². The molecule has 0 amide bonds. The van der Waals surface area contributed by atoms with E-state index in [0.29, 0.717) is 11.3 Å². The van der Waals surface area contributed by atoms with E-state index in [0.717, 1.165) is 10.8 Å². The average Bonchev–Trinajstić information content (AvgIpc) is 2.83. The molecule has 0 unspecified atom stereocenters. The number of anilines is 1. The van der Waals surface area contributed by atoms with Crippen LogP contribution in [0.25, 0.3) is 10.8 Å². The van der Waals surface area contributed by atoms with Crippen LogP contribution in [-0.4, -0.2) is 15.6 Å². The first-order valence-corrected chi connectivity index (χ1v) is 6.02. The third-order valence-corrected chi connectivity index (χ3v) is 3.03. The molecule has 0 bridgehead atoms. The number of fused-ring (bicyclic) bond motifs is 1. The zero-order chi connectivity index (χ0) is 13.2. The molecule has 3 aromatic rings. The maximum absolute atomic E-state index is 12.2. The molecule has 4 nitrogen and oxygen atoms in total. The Morgan fingerprint density at radius 2 is 1.95 bits per heavy atom. The highest BCUT2D eigenvalue weighted by Crippen LogP contribution is 2.16. The van der Waals surface area contributed by atoms with Gasteiger partial charge in [0.2, 0.25) is 0 Å². The van der Waals surface area contributed by atoms with E-state index in [1.54, 1.807) is 10.9 Å². The fourth-order valence-corrected chi connectivity index (χ4v) is 2.07. The van der Waals surface area contributed by atoms with Gasteiger partial charge in [-0.3, -0.25) is 9.48 Å². The van der Waals surface area contributed by atoms with Crippen molar-refractivity contribution in [3.05, 3.63) is 60.4 Å². The Labute approximate surface area is 110 Å². The van der Waals surface area contributed by atoms with Gasteiger partial charge in [0.15, 0.2) is 5.78 Å². The number of hydrogen-bond donors (Lipinski definition) is 1. The average molecular weight is 251 g/mol. The molecular formula is C15H13N3O. The SMILES string of the molecule is Nc1cnn(CC(=O)c2ccc3ccccc3c2)c1. The lowest BCUT2D eigenvalue weighted by Crippen LogP contribution is -2.10. The van der Waals surface area contributed by atoms with Crippen LogP contribution in [0.1, 0.15) is 10.4 Å². The normalized spacial score (nSPS) is 10.7. The molecule has 0 saturated carbocycles. The molecule has 19 heavy (non-hydrogen) atoms. The predicted molar refractivity (Wildman–Crippen MR) is 74.9 cm³/mol. The Hall–Kier alpha value is -2.62. The summed E-state index contributed by atoms with van der Waals surface area (Å²) in [5.74, 6) is 0.0221. The second kappa shape index (κ2) is 4.57. The highest BCUT2D eigenvalue weighted by molar-refractivity contribution is 5.99. The van der Waals surface area contributed by atoms with E-state index in [2.05, 4.69) is 5.10 Å². The number of nitrogens with two attached hydrogens (primary N) is 1. The van der Waals surface area contributed by atoms with Crippen LogP contribution < -0.4 is 5.73 Å². The summed E-state index contributed by atoms with van der Waals surface area (Å²) in [7, 11) is 0. The number of Topliss-reactive ketones (excluding diaryl/α,β-unsaturated/α-hetero) is 1. The highest BCUT2D eigenvalue weighted by Gasteiger charge is 2.08. The summed E-state index contributed by atoms with van der Waals surface area (Å²) in [6, 6.07) is 13.7. The van der Waals surface area contributed by atoms with Crippen molar-refractivity contribution in [3.8, 4) is 0 Å². The Bertz CT molecular complexity index is 746. The third kappa shape index (κ3) is 2.33. The maximum atomic E-state index is 12.2. The summed E-state index contributed by atoms with van der Waals surface area (Å²) in [4.78, 5) is 12.2. The molecule has 0 spiro atoms. The van der Waals surface area contributed by atoms with E-state index < -0.39 is 0 Å². The van der Waals surface area contributed by atoms with Crippen LogP contribution in [0.4, 0.5) is 5.69 Å². The lowest BCUT2D eigenvalue weighted by molar-refractivity contribution is 0.0968. The molecule has 4 heteroatoms. The number of carbonyl (C=O) groups is 1. The van der Waals surface area contributed by atoms with Gasteiger partial charge in [-0.25, -0.2) is 0 Å². The van der Waals surface area contributed by atoms with E-state index in [1.807, 2.05) is 42.5 Å². The Morgan fingerprint density at radius 1 is 1.16 bits per heavy atom. The van der Waals surface area contributed by atoms with Gasteiger partial charge in [-0.05, 0) is 16.8 Å². The molecule has 94 valence electrons. The lowest BCUT2D eigenvalue weighted by atomic mass is 10.0. The van der Waals surface area contributed by atoms with Crippen molar-refractivity contribution in [2.75, 3.05) is 5.73 Å². The lowest BCUT2D eigenvalue weighted by Gasteiger charge is -2.03. The summed E-state index contributed by atoms with van der Waals surface area (Å²) in [5.41, 5.74) is 6.82. The quantitative estimate of drug-likeness (QED) is 0.727. The standard InChI is InChI=1S/C15H13N3O/c16-14-8-17-18(9-14)10-15(19)13-6-5-11-3-1-2-4-12(11)7-13/h1-9H,10,16H2. The molecule has 0 aliphatic heterocycles. The number of nitrogen functional groups attached to an aromatic ring is 1. The second-order valence-corrected chi connectivity index (χ2v) is 4.46. The van der Waals surface area contributed by atoms with Gasteiger partial charge in [-0.1, -0.05) is 36.4 Å². The molecule has 2 aromatic carbocycles. The van der Waals surface area contributed by atoms with Gasteiger partial charge < -0.3 is 5.73 Å². The van der Waals surface area contributed by atoms with Crippen LogP contribution in [0.2, 0.25) is 0 Å². The number of carbonyl (C=O) groups excluding carboxylic acids is 1. The summed E-state index contributed by atoms with van der Waals surface area (Å²) in [5, 5.41) is 6.20. The van der Waals surface area contributed by atoms with Crippen molar-refractivity contribution in [3.63, 3.8) is 0 Å². The fourth-order valence-electron chi connectivity index (χ4n) is 2.07. The van der Waals surface area contributed by atoms with Crippen LogP contribution in [0.3, 0.4) is 0 Å². The van der Waals surface area contributed by atoms with Crippen LogP contribution >= 0.6 is 0 Å². The monoisotopic (exact) mass is 251 g/mol. The van der Waals surface area contributed by atoms with Crippen molar-refractivity contribution >= 4 is 22.2 Å². The molecule has 0 aliphatic carbocycles. The Morgan fingerprint density at radius 3 is 2.68 bits per heavy atom. The van der Waals surface area contributed by atoms with Crippen LogP contribution in [0.5, 0.6) is 0 Å². The second-order valence-electron chi connectivity index (χ2n) is 4.46.